The van der Waals surface area contributed by atoms with Crippen LogP contribution in [0.4, 0.5) is 5.69 Å². The molecular formula is C14H16BrNO2S. The summed E-state index contributed by atoms with van der Waals surface area (Å²) in [6.07, 6.45) is 5.49. The number of aliphatic hydroxyl groups is 1. The van der Waals surface area contributed by atoms with Gasteiger partial charge in [-0.3, -0.25) is 4.79 Å². The fourth-order valence-corrected chi connectivity index (χ4v) is 4.63. The number of aliphatic hydroxyl groups excluding tert-OH is 1. The maximum absolute atomic E-state index is 11.5. The second-order valence-corrected chi connectivity index (χ2v) is 7.34. The van der Waals surface area contributed by atoms with Crippen molar-refractivity contribution in [2.24, 2.45) is 0 Å². The van der Waals surface area contributed by atoms with Gasteiger partial charge in [-0.05, 0) is 40.9 Å². The molecule has 1 aliphatic carbocycles. The molecule has 0 radical (unpaired) electrons. The second kappa shape index (κ2) is 5.46. The average Bonchev–Trinajstić information content (AvgIpc) is 2.67. The van der Waals surface area contributed by atoms with Crippen LogP contribution in [-0.2, 0) is 4.79 Å². The van der Waals surface area contributed by atoms with Crippen LogP contribution < -0.4 is 5.32 Å². The highest BCUT2D eigenvalue weighted by Gasteiger charge is 2.30. The van der Waals surface area contributed by atoms with Crippen LogP contribution in [-0.4, -0.2) is 16.3 Å². The van der Waals surface area contributed by atoms with Crippen molar-refractivity contribution in [1.82, 2.24) is 0 Å². The van der Waals surface area contributed by atoms with Crippen LogP contribution in [0.25, 0.3) is 0 Å². The van der Waals surface area contributed by atoms with Crippen LogP contribution in [0.3, 0.4) is 0 Å². The van der Waals surface area contributed by atoms with E-state index in [4.69, 9.17) is 0 Å². The number of carbonyl (C=O) groups is 1. The first-order chi connectivity index (χ1) is 9.15. The van der Waals surface area contributed by atoms with E-state index < -0.39 is 6.10 Å². The zero-order valence-corrected chi connectivity index (χ0v) is 12.9. The molecule has 1 heterocycles. The normalized spacial score (nSPS) is 23.3. The lowest BCUT2D eigenvalue weighted by atomic mass is 10.0. The minimum Gasteiger partial charge on any atom is -0.378 e. The SMILES string of the molecule is O=C1Nc2cc(SC3CCCCC3)c(Br)cc2C1O. The minimum atomic E-state index is -1.03. The number of hydrogen-bond acceptors (Lipinski definition) is 3. The lowest BCUT2D eigenvalue weighted by molar-refractivity contribution is -0.123. The Hall–Kier alpha value is -0.520. The highest BCUT2D eigenvalue weighted by Crippen LogP contribution is 2.42. The summed E-state index contributed by atoms with van der Waals surface area (Å²) < 4.78 is 0.970. The van der Waals surface area contributed by atoms with E-state index in [1.807, 2.05) is 23.9 Å². The van der Waals surface area contributed by atoms with Gasteiger partial charge in [0.15, 0.2) is 6.10 Å². The van der Waals surface area contributed by atoms with Crippen molar-refractivity contribution in [2.45, 2.75) is 48.4 Å². The minimum absolute atomic E-state index is 0.332. The first-order valence-electron chi connectivity index (χ1n) is 6.64. The molecule has 1 aromatic rings. The summed E-state index contributed by atoms with van der Waals surface area (Å²) >= 11 is 5.43. The monoisotopic (exact) mass is 341 g/mol. The van der Waals surface area contributed by atoms with Crippen LogP contribution in [0, 0.1) is 0 Å². The third-order valence-corrected chi connectivity index (χ3v) is 6.07. The first-order valence-corrected chi connectivity index (χ1v) is 8.31. The van der Waals surface area contributed by atoms with Crippen molar-refractivity contribution in [1.29, 1.82) is 0 Å². The molecule has 102 valence electrons. The lowest BCUT2D eigenvalue weighted by Crippen LogP contribution is -2.10. The van der Waals surface area contributed by atoms with Gasteiger partial charge in [-0.25, -0.2) is 0 Å². The van der Waals surface area contributed by atoms with Crippen LogP contribution in [0.2, 0.25) is 0 Å². The van der Waals surface area contributed by atoms with Crippen LogP contribution in [0.15, 0.2) is 21.5 Å². The van der Waals surface area contributed by atoms with Gasteiger partial charge in [-0.1, -0.05) is 19.3 Å². The summed E-state index contributed by atoms with van der Waals surface area (Å²) in [5.74, 6) is -0.332. The number of rotatable bonds is 2. The molecule has 0 bridgehead atoms. The van der Waals surface area contributed by atoms with Gasteiger partial charge in [-0.15, -0.1) is 11.8 Å². The van der Waals surface area contributed by atoms with Gasteiger partial charge in [0.2, 0.25) is 0 Å². The smallest absolute Gasteiger partial charge is 0.257 e. The third kappa shape index (κ3) is 2.69. The van der Waals surface area contributed by atoms with E-state index >= 15 is 0 Å². The fraction of sp³-hybridized carbons (Fsp3) is 0.500. The van der Waals surface area contributed by atoms with Gasteiger partial charge in [0.05, 0.1) is 0 Å². The van der Waals surface area contributed by atoms with Crippen molar-refractivity contribution in [3.8, 4) is 0 Å². The van der Waals surface area contributed by atoms with Gasteiger partial charge in [0.25, 0.3) is 5.91 Å². The number of benzene rings is 1. The average molecular weight is 342 g/mol. The Balaban J connectivity index is 1.83. The van der Waals surface area contributed by atoms with E-state index in [2.05, 4.69) is 21.2 Å². The summed E-state index contributed by atoms with van der Waals surface area (Å²) in [7, 11) is 0. The number of fused-ring (bicyclic) bond motifs is 1. The quantitative estimate of drug-likeness (QED) is 0.858. The highest BCUT2D eigenvalue weighted by atomic mass is 79.9. The predicted octanol–water partition coefficient (Wildman–Crippen LogP) is 3.86. The lowest BCUT2D eigenvalue weighted by Gasteiger charge is -2.21. The summed E-state index contributed by atoms with van der Waals surface area (Å²) in [6, 6.07) is 3.84. The Morgan fingerprint density at radius 2 is 2.00 bits per heavy atom. The summed E-state index contributed by atoms with van der Waals surface area (Å²) in [5, 5.41) is 13.1. The second-order valence-electron chi connectivity index (χ2n) is 5.14. The van der Waals surface area contributed by atoms with Crippen LogP contribution >= 0.6 is 27.7 Å². The molecule has 19 heavy (non-hydrogen) atoms. The summed E-state index contributed by atoms with van der Waals surface area (Å²) in [6.45, 7) is 0. The van der Waals surface area contributed by atoms with Crippen LogP contribution in [0.5, 0.6) is 0 Å². The number of carbonyl (C=O) groups excluding carboxylic acids is 1. The van der Waals surface area contributed by atoms with Gasteiger partial charge in [0, 0.05) is 25.9 Å². The molecule has 0 saturated heterocycles. The Morgan fingerprint density at radius 3 is 2.74 bits per heavy atom. The number of halogens is 1. The third-order valence-electron chi connectivity index (χ3n) is 3.75. The number of hydrogen-bond donors (Lipinski definition) is 2. The van der Waals surface area contributed by atoms with Crippen molar-refractivity contribution in [3.05, 3.63) is 22.2 Å². The molecule has 1 aromatic carbocycles. The molecule has 1 unspecified atom stereocenters. The zero-order valence-electron chi connectivity index (χ0n) is 10.5. The molecule has 1 aliphatic heterocycles. The highest BCUT2D eigenvalue weighted by molar-refractivity contribution is 9.10. The van der Waals surface area contributed by atoms with Gasteiger partial charge in [0.1, 0.15) is 0 Å². The largest absolute Gasteiger partial charge is 0.378 e. The molecule has 1 amide bonds. The summed E-state index contributed by atoms with van der Waals surface area (Å²) in [4.78, 5) is 12.6. The Morgan fingerprint density at radius 1 is 1.26 bits per heavy atom. The molecule has 2 aliphatic rings. The van der Waals surface area contributed by atoms with Crippen molar-refractivity contribution in [2.75, 3.05) is 5.32 Å². The Labute approximate surface area is 125 Å². The molecule has 2 N–H and O–H groups in total. The first kappa shape index (κ1) is 13.5. The van der Waals surface area contributed by atoms with E-state index in [-0.39, 0.29) is 5.91 Å². The van der Waals surface area contributed by atoms with E-state index in [1.54, 1.807) is 0 Å². The topological polar surface area (TPSA) is 49.3 Å². The number of anilines is 1. The Kier molecular flexibility index (Phi) is 3.87. The molecule has 0 aromatic heterocycles. The van der Waals surface area contributed by atoms with E-state index in [0.29, 0.717) is 10.8 Å². The molecular weight excluding hydrogens is 326 g/mol. The van der Waals surface area contributed by atoms with E-state index in [1.165, 1.54) is 32.1 Å². The molecule has 3 rings (SSSR count). The van der Waals surface area contributed by atoms with Crippen LogP contribution in [0.1, 0.15) is 43.8 Å². The predicted molar refractivity (Wildman–Crippen MR) is 80.5 cm³/mol. The molecule has 0 spiro atoms. The maximum Gasteiger partial charge on any atom is 0.257 e. The maximum atomic E-state index is 11.5. The zero-order chi connectivity index (χ0) is 13.4. The van der Waals surface area contributed by atoms with Crippen molar-refractivity contribution >= 4 is 39.3 Å². The van der Waals surface area contributed by atoms with E-state index in [9.17, 15) is 9.90 Å². The number of amides is 1. The number of nitrogens with one attached hydrogen (secondary N) is 1. The van der Waals surface area contributed by atoms with Gasteiger partial charge >= 0.3 is 0 Å². The number of thioether (sulfide) groups is 1. The fourth-order valence-electron chi connectivity index (χ4n) is 2.70. The molecule has 1 saturated carbocycles. The van der Waals surface area contributed by atoms with E-state index in [0.717, 1.165) is 15.1 Å². The van der Waals surface area contributed by atoms with Gasteiger partial charge in [-0.2, -0.15) is 0 Å². The standard InChI is InChI=1S/C14H16BrNO2S/c15-10-6-9-11(16-14(18)13(9)17)7-12(10)19-8-4-2-1-3-5-8/h6-8,13,17H,1-5H2,(H,16,18). The summed E-state index contributed by atoms with van der Waals surface area (Å²) in [5.41, 5.74) is 1.42. The molecule has 1 fully saturated rings. The molecule has 3 nitrogen and oxygen atoms in total. The van der Waals surface area contributed by atoms with Crippen molar-refractivity contribution in [3.63, 3.8) is 0 Å². The Bertz CT molecular complexity index is 514. The van der Waals surface area contributed by atoms with Gasteiger partial charge < -0.3 is 10.4 Å². The molecule has 1 atom stereocenters. The van der Waals surface area contributed by atoms with Crippen molar-refractivity contribution < 1.29 is 9.90 Å². The molecule has 5 heteroatoms.